The minimum absolute atomic E-state index is 0.449. The van der Waals surface area contributed by atoms with Crippen LogP contribution in [0.25, 0.3) is 0 Å². The number of rotatable bonds is 3. The molecule has 1 unspecified atom stereocenters. The molecule has 3 nitrogen and oxygen atoms in total. The molecule has 0 saturated heterocycles. The van der Waals surface area contributed by atoms with E-state index in [1.807, 2.05) is 13.0 Å². The molecule has 0 saturated carbocycles. The van der Waals surface area contributed by atoms with Gasteiger partial charge in [0.1, 0.15) is 5.75 Å². The Bertz CT molecular complexity index is 351. The minimum atomic E-state index is 0.449. The Morgan fingerprint density at radius 2 is 2.33 bits per heavy atom. The third kappa shape index (κ3) is 1.79. The average molecular weight is 206 g/mol. The molecule has 3 heteroatoms. The second kappa shape index (κ2) is 4.11. The highest BCUT2D eigenvalue weighted by Gasteiger charge is 2.25. The molecule has 15 heavy (non-hydrogen) atoms. The lowest BCUT2D eigenvalue weighted by Gasteiger charge is -2.12. The molecule has 0 spiro atoms. The van der Waals surface area contributed by atoms with Crippen molar-refractivity contribution >= 4 is 5.69 Å². The molecule has 0 radical (unpaired) electrons. The van der Waals surface area contributed by atoms with Gasteiger partial charge in [-0.3, -0.25) is 0 Å². The van der Waals surface area contributed by atoms with E-state index < -0.39 is 0 Å². The maximum atomic E-state index is 5.77. The Kier molecular flexibility index (Phi) is 2.82. The number of nitrogens with zero attached hydrogens (tertiary/aromatic N) is 1. The van der Waals surface area contributed by atoms with Crippen molar-refractivity contribution in [1.82, 2.24) is 0 Å². The molecule has 1 aromatic carbocycles. The second-order valence-corrected chi connectivity index (χ2v) is 3.97. The van der Waals surface area contributed by atoms with Gasteiger partial charge in [-0.25, -0.2) is 0 Å². The highest BCUT2D eigenvalue weighted by Crippen LogP contribution is 2.36. The number of anilines is 1. The van der Waals surface area contributed by atoms with Crippen LogP contribution in [-0.4, -0.2) is 26.7 Å². The maximum Gasteiger partial charge on any atom is 0.119 e. The fourth-order valence-corrected chi connectivity index (χ4v) is 2.19. The van der Waals surface area contributed by atoms with E-state index >= 15 is 0 Å². The van der Waals surface area contributed by atoms with Crippen LogP contribution in [0.3, 0.4) is 0 Å². The zero-order valence-electron chi connectivity index (χ0n) is 9.36. The van der Waals surface area contributed by atoms with Crippen LogP contribution >= 0.6 is 0 Å². The summed E-state index contributed by atoms with van der Waals surface area (Å²) in [4.78, 5) is 2.25. The number of likely N-dealkylation sites (N-methyl/N-ethyl adjacent to an activating group) is 1. The highest BCUT2D eigenvalue weighted by atomic mass is 16.5. The summed E-state index contributed by atoms with van der Waals surface area (Å²) < 4.78 is 5.50. The van der Waals surface area contributed by atoms with E-state index in [4.69, 9.17) is 10.5 Å². The van der Waals surface area contributed by atoms with Gasteiger partial charge in [0.15, 0.2) is 0 Å². The quantitative estimate of drug-likeness (QED) is 0.816. The summed E-state index contributed by atoms with van der Waals surface area (Å²) in [6, 6.07) is 6.27. The Hall–Kier alpha value is -1.22. The van der Waals surface area contributed by atoms with Gasteiger partial charge in [-0.2, -0.15) is 0 Å². The van der Waals surface area contributed by atoms with Crippen LogP contribution in [0.1, 0.15) is 18.4 Å². The Morgan fingerprint density at radius 1 is 1.53 bits per heavy atom. The van der Waals surface area contributed by atoms with Crippen molar-refractivity contribution in [1.29, 1.82) is 0 Å². The first-order chi connectivity index (χ1) is 7.26. The van der Waals surface area contributed by atoms with Crippen LogP contribution < -0.4 is 15.4 Å². The molecule has 1 heterocycles. The molecule has 1 atom stereocenters. The summed E-state index contributed by atoms with van der Waals surface area (Å²) in [5.41, 5.74) is 8.38. The predicted octanol–water partition coefficient (Wildman–Crippen LogP) is 1.58. The molecule has 2 rings (SSSR count). The zero-order valence-corrected chi connectivity index (χ0v) is 9.36. The maximum absolute atomic E-state index is 5.77. The summed E-state index contributed by atoms with van der Waals surface area (Å²) in [6.45, 7) is 4.43. The van der Waals surface area contributed by atoms with Crippen molar-refractivity contribution in [3.63, 3.8) is 0 Å². The van der Waals surface area contributed by atoms with Crippen LogP contribution in [0.15, 0.2) is 18.2 Å². The van der Waals surface area contributed by atoms with Crippen LogP contribution in [0.4, 0.5) is 5.69 Å². The van der Waals surface area contributed by atoms with Crippen molar-refractivity contribution in [2.75, 3.05) is 31.6 Å². The van der Waals surface area contributed by atoms with Crippen LogP contribution in [-0.2, 0) is 0 Å². The SMILES string of the molecule is CCOc1ccc2c(c1)C(CN)CN2C. The third-order valence-electron chi connectivity index (χ3n) is 2.94. The van der Waals surface area contributed by atoms with Gasteiger partial charge in [-0.15, -0.1) is 0 Å². The Labute approximate surface area is 90.8 Å². The lowest BCUT2D eigenvalue weighted by atomic mass is 10.0. The first kappa shape index (κ1) is 10.3. The van der Waals surface area contributed by atoms with Crippen LogP contribution in [0, 0.1) is 0 Å². The van der Waals surface area contributed by atoms with E-state index in [1.165, 1.54) is 11.3 Å². The topological polar surface area (TPSA) is 38.5 Å². The molecule has 2 N–H and O–H groups in total. The summed E-state index contributed by atoms with van der Waals surface area (Å²) in [6.07, 6.45) is 0. The molecule has 0 aliphatic carbocycles. The number of hydrogen-bond acceptors (Lipinski definition) is 3. The van der Waals surface area contributed by atoms with E-state index in [9.17, 15) is 0 Å². The second-order valence-electron chi connectivity index (χ2n) is 3.97. The number of hydrogen-bond donors (Lipinski definition) is 1. The van der Waals surface area contributed by atoms with Gasteiger partial charge in [0.2, 0.25) is 0 Å². The van der Waals surface area contributed by atoms with Crippen LogP contribution in [0.5, 0.6) is 5.75 Å². The predicted molar refractivity (Wildman–Crippen MR) is 62.7 cm³/mol. The number of nitrogens with two attached hydrogens (primary N) is 1. The zero-order chi connectivity index (χ0) is 10.8. The molecule has 0 amide bonds. The molecule has 82 valence electrons. The van der Waals surface area contributed by atoms with Crippen molar-refractivity contribution in [3.8, 4) is 5.75 Å². The van der Waals surface area contributed by atoms with Crippen molar-refractivity contribution in [3.05, 3.63) is 23.8 Å². The fraction of sp³-hybridized carbons (Fsp3) is 0.500. The molecule has 0 fully saturated rings. The summed E-state index contributed by atoms with van der Waals surface area (Å²) >= 11 is 0. The van der Waals surface area contributed by atoms with Crippen molar-refractivity contribution < 1.29 is 4.74 Å². The monoisotopic (exact) mass is 206 g/mol. The third-order valence-corrected chi connectivity index (χ3v) is 2.94. The minimum Gasteiger partial charge on any atom is -0.494 e. The smallest absolute Gasteiger partial charge is 0.119 e. The van der Waals surface area contributed by atoms with E-state index in [0.717, 1.165) is 12.3 Å². The Balaban J connectivity index is 2.33. The van der Waals surface area contributed by atoms with E-state index in [0.29, 0.717) is 19.1 Å². The fourth-order valence-electron chi connectivity index (χ4n) is 2.19. The van der Waals surface area contributed by atoms with Gasteiger partial charge in [-0.1, -0.05) is 0 Å². The largest absolute Gasteiger partial charge is 0.494 e. The normalized spacial score (nSPS) is 19.1. The van der Waals surface area contributed by atoms with E-state index in [2.05, 4.69) is 24.1 Å². The number of ether oxygens (including phenoxy) is 1. The first-order valence-corrected chi connectivity index (χ1v) is 5.44. The summed E-state index contributed by atoms with van der Waals surface area (Å²) in [7, 11) is 2.11. The first-order valence-electron chi connectivity index (χ1n) is 5.44. The molecular formula is C12H18N2O. The lowest BCUT2D eigenvalue weighted by molar-refractivity contribution is 0.340. The molecule has 0 bridgehead atoms. The Morgan fingerprint density at radius 3 is 3.00 bits per heavy atom. The van der Waals surface area contributed by atoms with Gasteiger partial charge in [0.05, 0.1) is 6.61 Å². The van der Waals surface area contributed by atoms with Crippen LogP contribution in [0.2, 0.25) is 0 Å². The van der Waals surface area contributed by atoms with E-state index in [-0.39, 0.29) is 0 Å². The lowest BCUT2D eigenvalue weighted by Crippen LogP contribution is -2.20. The molecule has 1 aromatic rings. The van der Waals surface area contributed by atoms with Gasteiger partial charge >= 0.3 is 0 Å². The number of fused-ring (bicyclic) bond motifs is 1. The molecule has 0 aromatic heterocycles. The van der Waals surface area contributed by atoms with Gasteiger partial charge in [0, 0.05) is 31.7 Å². The van der Waals surface area contributed by atoms with Crippen molar-refractivity contribution in [2.24, 2.45) is 5.73 Å². The van der Waals surface area contributed by atoms with Gasteiger partial charge in [0.25, 0.3) is 0 Å². The number of benzene rings is 1. The summed E-state index contributed by atoms with van der Waals surface area (Å²) in [5, 5.41) is 0. The molecule has 1 aliphatic rings. The highest BCUT2D eigenvalue weighted by molar-refractivity contribution is 5.61. The van der Waals surface area contributed by atoms with E-state index in [1.54, 1.807) is 0 Å². The van der Waals surface area contributed by atoms with Gasteiger partial charge < -0.3 is 15.4 Å². The van der Waals surface area contributed by atoms with Gasteiger partial charge in [-0.05, 0) is 30.7 Å². The standard InChI is InChI=1S/C12H18N2O/c1-3-15-10-4-5-12-11(6-10)9(7-13)8-14(12)2/h4-6,9H,3,7-8,13H2,1-2H3. The average Bonchev–Trinajstić information content (AvgIpc) is 2.56. The summed E-state index contributed by atoms with van der Waals surface area (Å²) in [5.74, 6) is 1.40. The van der Waals surface area contributed by atoms with Crippen molar-refractivity contribution in [2.45, 2.75) is 12.8 Å². The molecular weight excluding hydrogens is 188 g/mol. The molecule has 1 aliphatic heterocycles.